The number of hydrogen-bond acceptors (Lipinski definition) is 5. The molecule has 3 heterocycles. The Balaban J connectivity index is 1.67. The summed E-state index contributed by atoms with van der Waals surface area (Å²) < 4.78 is 70.6. The topological polar surface area (TPSA) is 77.2 Å². The van der Waals surface area contributed by atoms with Gasteiger partial charge in [-0.1, -0.05) is 26.8 Å². The van der Waals surface area contributed by atoms with Gasteiger partial charge in [0.1, 0.15) is 0 Å². The first-order chi connectivity index (χ1) is 17.7. The lowest BCUT2D eigenvalue weighted by atomic mass is 9.96. The monoisotopic (exact) mass is 544 g/mol. The van der Waals surface area contributed by atoms with Crippen LogP contribution in [0, 0.1) is 5.41 Å². The molecule has 38 heavy (non-hydrogen) atoms. The molecule has 0 saturated heterocycles. The number of carbonyl (C=O) groups is 1. The number of aromatic nitrogens is 3. The highest BCUT2D eigenvalue weighted by Crippen LogP contribution is 2.38. The van der Waals surface area contributed by atoms with E-state index in [4.69, 9.17) is 0 Å². The van der Waals surface area contributed by atoms with Crippen LogP contribution < -0.4 is 0 Å². The van der Waals surface area contributed by atoms with E-state index in [1.165, 1.54) is 41.3 Å². The zero-order valence-electron chi connectivity index (χ0n) is 21.4. The van der Waals surface area contributed by atoms with Crippen LogP contribution in [0.1, 0.15) is 43.1 Å². The molecule has 0 amide bonds. The predicted molar refractivity (Wildman–Crippen MR) is 139 cm³/mol. The average Bonchev–Trinajstić information content (AvgIpc) is 3.44. The van der Waals surface area contributed by atoms with Crippen LogP contribution in [0.4, 0.5) is 13.2 Å². The Morgan fingerprint density at radius 1 is 1.03 bits per heavy atom. The summed E-state index contributed by atoms with van der Waals surface area (Å²) in [6.07, 6.45) is 0.772. The van der Waals surface area contributed by atoms with Crippen molar-refractivity contribution in [1.82, 2.24) is 18.7 Å². The minimum atomic E-state index is -4.57. The van der Waals surface area contributed by atoms with E-state index in [0.717, 1.165) is 21.7 Å². The van der Waals surface area contributed by atoms with Crippen molar-refractivity contribution in [2.75, 3.05) is 20.1 Å². The molecule has 0 fully saturated rings. The molecule has 0 aliphatic carbocycles. The molecule has 2 aromatic heterocycles. The van der Waals surface area contributed by atoms with Crippen LogP contribution in [-0.4, -0.2) is 53.1 Å². The number of halogens is 3. The number of benzene rings is 2. The second-order valence-corrected chi connectivity index (χ2v) is 12.5. The fourth-order valence-corrected chi connectivity index (χ4v) is 6.02. The highest BCUT2D eigenvalue weighted by atomic mass is 32.2. The second kappa shape index (κ2) is 8.81. The molecular formula is C27H27F3N4O3S. The Bertz CT molecular complexity index is 1720. The number of fused-ring (bicyclic) bond motifs is 2. The number of alkyl halides is 3. The summed E-state index contributed by atoms with van der Waals surface area (Å²) in [6, 6.07) is 7.44. The smallest absolute Gasteiger partial charge is 0.302 e. The highest BCUT2D eigenvalue weighted by molar-refractivity contribution is 7.90. The summed E-state index contributed by atoms with van der Waals surface area (Å²) in [7, 11) is -2.26. The van der Waals surface area contributed by atoms with Gasteiger partial charge in [0, 0.05) is 41.0 Å². The van der Waals surface area contributed by atoms with Gasteiger partial charge in [0.2, 0.25) is 0 Å². The van der Waals surface area contributed by atoms with E-state index < -0.39 is 27.2 Å². The number of hydrogen-bond donors (Lipinski definition) is 0. The minimum absolute atomic E-state index is 0.0616. The van der Waals surface area contributed by atoms with E-state index in [0.29, 0.717) is 36.0 Å². The van der Waals surface area contributed by atoms with Crippen molar-refractivity contribution in [2.24, 2.45) is 5.41 Å². The van der Waals surface area contributed by atoms with Gasteiger partial charge in [-0.25, -0.2) is 12.4 Å². The van der Waals surface area contributed by atoms with E-state index in [1.807, 2.05) is 13.1 Å². The standard InChI is InChI=1S/C27H27F3N4O3S/c1-26(2,3)25(35)34-23-8-6-20(13-18(23)15-31-34)38(36,37)33-16-22(17-9-11-32(4)12-10-17)21-14-19(27(28,29)30)5-7-24(21)33/h5-9,13-16H,10-12H2,1-4H3. The maximum atomic E-state index is 13.8. The molecule has 11 heteroatoms. The summed E-state index contributed by atoms with van der Waals surface area (Å²) in [4.78, 5) is 14.8. The molecular weight excluding hydrogens is 517 g/mol. The lowest BCUT2D eigenvalue weighted by Crippen LogP contribution is -2.27. The van der Waals surface area contributed by atoms with Gasteiger partial charge in [0.05, 0.1) is 27.7 Å². The Kier molecular flexibility index (Phi) is 6.07. The van der Waals surface area contributed by atoms with Crippen molar-refractivity contribution in [3.8, 4) is 0 Å². The second-order valence-electron chi connectivity index (χ2n) is 10.6. The van der Waals surface area contributed by atoms with Crippen LogP contribution in [-0.2, 0) is 16.2 Å². The molecule has 0 saturated carbocycles. The third kappa shape index (κ3) is 4.43. The van der Waals surface area contributed by atoms with Crippen molar-refractivity contribution in [2.45, 2.75) is 38.3 Å². The first-order valence-electron chi connectivity index (χ1n) is 12.1. The van der Waals surface area contributed by atoms with Crippen molar-refractivity contribution in [1.29, 1.82) is 0 Å². The predicted octanol–water partition coefficient (Wildman–Crippen LogP) is 5.65. The third-order valence-electron chi connectivity index (χ3n) is 6.79. The van der Waals surface area contributed by atoms with Crippen LogP contribution in [0.5, 0.6) is 0 Å². The number of likely N-dealkylation sites (N-methyl/N-ethyl adjacent to an activating group) is 1. The molecule has 0 N–H and O–H groups in total. The van der Waals surface area contributed by atoms with Gasteiger partial charge in [-0.15, -0.1) is 0 Å². The molecule has 0 atom stereocenters. The molecule has 0 radical (unpaired) electrons. The molecule has 5 rings (SSSR count). The summed E-state index contributed by atoms with van der Waals surface area (Å²) in [6.45, 7) is 6.61. The highest BCUT2D eigenvalue weighted by Gasteiger charge is 2.32. The molecule has 0 bridgehead atoms. The molecule has 4 aromatic rings. The molecule has 7 nitrogen and oxygen atoms in total. The van der Waals surface area contributed by atoms with Gasteiger partial charge in [0.25, 0.3) is 15.9 Å². The van der Waals surface area contributed by atoms with E-state index in [1.54, 1.807) is 20.8 Å². The van der Waals surface area contributed by atoms with Gasteiger partial charge in [-0.3, -0.25) is 4.79 Å². The number of rotatable bonds is 3. The van der Waals surface area contributed by atoms with Gasteiger partial charge >= 0.3 is 6.18 Å². The van der Waals surface area contributed by atoms with E-state index in [2.05, 4.69) is 10.00 Å². The molecule has 1 aliphatic rings. The third-order valence-corrected chi connectivity index (χ3v) is 8.46. The van der Waals surface area contributed by atoms with Crippen molar-refractivity contribution >= 4 is 43.3 Å². The van der Waals surface area contributed by atoms with Crippen LogP contribution in [0.15, 0.2) is 59.8 Å². The fraction of sp³-hybridized carbons (Fsp3) is 0.333. The average molecular weight is 545 g/mol. The summed E-state index contributed by atoms with van der Waals surface area (Å²) >= 11 is 0. The van der Waals surface area contributed by atoms with Gasteiger partial charge < -0.3 is 4.90 Å². The SMILES string of the molecule is CN1CC=C(c2cn(S(=O)(=O)c3ccc4c(cnn4C(=O)C(C)(C)C)c3)c3ccc(C(F)(F)F)cc23)CC1. The largest absolute Gasteiger partial charge is 0.416 e. The maximum Gasteiger partial charge on any atom is 0.416 e. The zero-order valence-corrected chi connectivity index (χ0v) is 22.2. The van der Waals surface area contributed by atoms with Gasteiger partial charge in [-0.05, 0) is 55.4 Å². The number of nitrogens with zero attached hydrogens (tertiary/aromatic N) is 4. The normalized spacial score (nSPS) is 15.8. The molecule has 200 valence electrons. The van der Waals surface area contributed by atoms with Gasteiger partial charge in [-0.2, -0.15) is 23.0 Å². The first-order valence-corrected chi connectivity index (χ1v) is 13.5. The Morgan fingerprint density at radius 2 is 1.74 bits per heavy atom. The zero-order chi connectivity index (χ0) is 27.6. The van der Waals surface area contributed by atoms with Crippen LogP contribution in [0.25, 0.3) is 27.4 Å². The number of carbonyl (C=O) groups excluding carboxylic acids is 1. The van der Waals surface area contributed by atoms with Crippen molar-refractivity contribution < 1.29 is 26.4 Å². The van der Waals surface area contributed by atoms with E-state index in [-0.39, 0.29) is 21.7 Å². The Morgan fingerprint density at radius 3 is 2.37 bits per heavy atom. The minimum Gasteiger partial charge on any atom is -0.302 e. The van der Waals surface area contributed by atoms with E-state index >= 15 is 0 Å². The Labute approximate surface area is 218 Å². The lowest BCUT2D eigenvalue weighted by molar-refractivity contribution is -0.137. The Hall–Kier alpha value is -3.44. The quantitative estimate of drug-likeness (QED) is 0.333. The summed E-state index contributed by atoms with van der Waals surface area (Å²) in [5.41, 5.74) is 0.362. The molecule has 1 aliphatic heterocycles. The van der Waals surface area contributed by atoms with Crippen molar-refractivity contribution in [3.63, 3.8) is 0 Å². The lowest BCUT2D eigenvalue weighted by Gasteiger charge is -2.21. The van der Waals surface area contributed by atoms with Gasteiger partial charge in [0.15, 0.2) is 0 Å². The van der Waals surface area contributed by atoms with Crippen LogP contribution in [0.2, 0.25) is 0 Å². The maximum absolute atomic E-state index is 13.8. The summed E-state index contributed by atoms with van der Waals surface area (Å²) in [5.74, 6) is -0.240. The van der Waals surface area contributed by atoms with Crippen molar-refractivity contribution in [3.05, 3.63) is 66.0 Å². The molecule has 0 unspecified atom stereocenters. The van der Waals surface area contributed by atoms with E-state index in [9.17, 15) is 26.4 Å². The summed E-state index contributed by atoms with van der Waals surface area (Å²) in [5, 5.41) is 4.84. The molecule has 2 aromatic carbocycles. The fourth-order valence-electron chi connectivity index (χ4n) is 4.61. The molecule has 0 spiro atoms. The van der Waals surface area contributed by atoms with Crippen LogP contribution >= 0.6 is 0 Å². The van der Waals surface area contributed by atoms with Crippen LogP contribution in [0.3, 0.4) is 0 Å². The first kappa shape index (κ1) is 26.2.